The van der Waals surface area contributed by atoms with E-state index in [4.69, 9.17) is 4.42 Å². The molecule has 0 unspecified atom stereocenters. The molecule has 2 aromatic heterocycles. The number of fused-ring (bicyclic) bond motifs is 11. The molecule has 3 nitrogen and oxygen atoms in total. The Hall–Kier alpha value is -8.40. The summed E-state index contributed by atoms with van der Waals surface area (Å²) in [4.78, 5) is 2.39. The highest BCUT2D eigenvalue weighted by Gasteiger charge is 2.21. The summed E-state index contributed by atoms with van der Waals surface area (Å²) in [5, 5.41) is 12.0. The van der Waals surface area contributed by atoms with Crippen molar-refractivity contribution in [3.63, 3.8) is 0 Å². The lowest BCUT2D eigenvalue weighted by Crippen LogP contribution is -2.10. The first-order valence-corrected chi connectivity index (χ1v) is 21.6. The predicted octanol–water partition coefficient (Wildman–Crippen LogP) is 16.9. The number of benzene rings is 11. The normalized spacial score (nSPS) is 11.8. The lowest BCUT2D eigenvalue weighted by molar-refractivity contribution is 0.672. The maximum atomic E-state index is 6.74. The summed E-state index contributed by atoms with van der Waals surface area (Å²) in [6, 6.07) is 83.5. The predicted molar refractivity (Wildman–Crippen MR) is 266 cm³/mol. The quantitative estimate of drug-likeness (QED) is 0.156. The van der Waals surface area contributed by atoms with Crippen LogP contribution in [0.1, 0.15) is 0 Å². The number of rotatable bonds is 6. The monoisotopic (exact) mass is 802 g/mol. The zero-order valence-electron chi connectivity index (χ0n) is 34.2. The molecule has 2 heterocycles. The zero-order valence-corrected chi connectivity index (χ0v) is 34.2. The first-order valence-electron chi connectivity index (χ1n) is 21.6. The van der Waals surface area contributed by atoms with Gasteiger partial charge in [0, 0.05) is 38.6 Å². The molecular formula is C60H38N2O. The SMILES string of the molecule is c1cc(-c2ccc3ccc4ccccc4c3c2)cc(N(c2ccc(-c3cccc(-n4c5ccccc5c5ccccc54)c3)cc2)c2cccc3oc4c5ccccc5ccc4c23)c1. The fraction of sp³-hybridized carbons (Fsp3) is 0. The second-order valence-corrected chi connectivity index (χ2v) is 16.5. The largest absolute Gasteiger partial charge is 0.455 e. The molecule has 0 N–H and O–H groups in total. The Balaban J connectivity index is 0.968. The van der Waals surface area contributed by atoms with Crippen molar-refractivity contribution in [3.05, 3.63) is 231 Å². The van der Waals surface area contributed by atoms with E-state index in [9.17, 15) is 0 Å². The van der Waals surface area contributed by atoms with Gasteiger partial charge in [0.05, 0.1) is 22.1 Å². The van der Waals surface area contributed by atoms with E-state index >= 15 is 0 Å². The van der Waals surface area contributed by atoms with E-state index in [1.165, 1.54) is 48.9 Å². The number of nitrogens with zero attached hydrogens (tertiary/aromatic N) is 2. The molecular weight excluding hydrogens is 765 g/mol. The second-order valence-electron chi connectivity index (χ2n) is 16.5. The summed E-state index contributed by atoms with van der Waals surface area (Å²) < 4.78 is 9.12. The molecule has 0 aliphatic rings. The second kappa shape index (κ2) is 14.1. The molecule has 0 saturated carbocycles. The van der Waals surface area contributed by atoms with Gasteiger partial charge in [-0.05, 0) is 122 Å². The molecule has 13 aromatic rings. The van der Waals surface area contributed by atoms with Crippen LogP contribution in [-0.2, 0) is 0 Å². The molecule has 0 radical (unpaired) electrons. The topological polar surface area (TPSA) is 21.3 Å². The Morgan fingerprint density at radius 3 is 1.68 bits per heavy atom. The Morgan fingerprint density at radius 1 is 0.333 bits per heavy atom. The molecule has 0 saturated heterocycles. The number of furan rings is 1. The van der Waals surface area contributed by atoms with Gasteiger partial charge in [-0.1, -0.05) is 158 Å². The maximum Gasteiger partial charge on any atom is 0.143 e. The van der Waals surface area contributed by atoms with E-state index in [1.807, 2.05) is 0 Å². The number of anilines is 3. The van der Waals surface area contributed by atoms with Crippen LogP contribution < -0.4 is 4.90 Å². The van der Waals surface area contributed by atoms with Gasteiger partial charge >= 0.3 is 0 Å². The van der Waals surface area contributed by atoms with E-state index in [0.717, 1.165) is 72.2 Å². The summed E-state index contributed by atoms with van der Waals surface area (Å²) >= 11 is 0. The van der Waals surface area contributed by atoms with Gasteiger partial charge in [-0.15, -0.1) is 0 Å². The number of aromatic nitrogens is 1. The third-order valence-electron chi connectivity index (χ3n) is 12.9. The van der Waals surface area contributed by atoms with Crippen molar-refractivity contribution < 1.29 is 4.42 Å². The number of para-hydroxylation sites is 2. The van der Waals surface area contributed by atoms with Crippen LogP contribution in [0.15, 0.2) is 235 Å². The third kappa shape index (κ3) is 5.67. The Morgan fingerprint density at radius 2 is 0.905 bits per heavy atom. The van der Waals surface area contributed by atoms with Crippen LogP contribution in [0.5, 0.6) is 0 Å². The molecule has 294 valence electrons. The average molecular weight is 803 g/mol. The minimum atomic E-state index is 0.861. The van der Waals surface area contributed by atoms with Crippen LogP contribution in [-0.4, -0.2) is 4.57 Å². The van der Waals surface area contributed by atoms with Crippen LogP contribution in [0.2, 0.25) is 0 Å². The van der Waals surface area contributed by atoms with Gasteiger partial charge in [0.1, 0.15) is 11.2 Å². The van der Waals surface area contributed by atoms with Crippen molar-refractivity contribution in [2.75, 3.05) is 4.90 Å². The zero-order chi connectivity index (χ0) is 41.4. The molecule has 0 spiro atoms. The first kappa shape index (κ1) is 35.4. The molecule has 0 aliphatic heterocycles. The van der Waals surface area contributed by atoms with Gasteiger partial charge in [0.15, 0.2) is 0 Å². The van der Waals surface area contributed by atoms with E-state index in [2.05, 4.69) is 240 Å². The summed E-state index contributed by atoms with van der Waals surface area (Å²) in [7, 11) is 0. The third-order valence-corrected chi connectivity index (χ3v) is 12.9. The minimum absolute atomic E-state index is 0.861. The molecule has 63 heavy (non-hydrogen) atoms. The molecule has 0 bridgehead atoms. The van der Waals surface area contributed by atoms with Gasteiger partial charge in [-0.3, -0.25) is 0 Å². The van der Waals surface area contributed by atoms with Crippen molar-refractivity contribution in [2.45, 2.75) is 0 Å². The Labute approximate surface area is 363 Å². The first-order chi connectivity index (χ1) is 31.2. The van der Waals surface area contributed by atoms with Gasteiger partial charge in [0.25, 0.3) is 0 Å². The molecule has 0 aliphatic carbocycles. The van der Waals surface area contributed by atoms with Crippen LogP contribution in [0.4, 0.5) is 17.1 Å². The van der Waals surface area contributed by atoms with Crippen LogP contribution in [0, 0.1) is 0 Å². The molecule has 11 aromatic carbocycles. The summed E-state index contributed by atoms with van der Waals surface area (Å²) in [6.07, 6.45) is 0. The van der Waals surface area contributed by atoms with E-state index in [-0.39, 0.29) is 0 Å². The minimum Gasteiger partial charge on any atom is -0.455 e. The van der Waals surface area contributed by atoms with Gasteiger partial charge in [-0.25, -0.2) is 0 Å². The highest BCUT2D eigenvalue weighted by Crippen LogP contribution is 2.45. The van der Waals surface area contributed by atoms with Crippen LogP contribution in [0.3, 0.4) is 0 Å². The van der Waals surface area contributed by atoms with Gasteiger partial charge in [-0.2, -0.15) is 0 Å². The number of hydrogen-bond donors (Lipinski definition) is 0. The van der Waals surface area contributed by atoms with Crippen molar-refractivity contribution in [3.8, 4) is 27.9 Å². The smallest absolute Gasteiger partial charge is 0.143 e. The molecule has 13 rings (SSSR count). The Bertz CT molecular complexity index is 3870. The van der Waals surface area contributed by atoms with Crippen molar-refractivity contribution in [2.24, 2.45) is 0 Å². The van der Waals surface area contributed by atoms with Crippen LogP contribution >= 0.6 is 0 Å². The summed E-state index contributed by atoms with van der Waals surface area (Å²) in [5.41, 5.74) is 13.1. The van der Waals surface area contributed by atoms with Crippen molar-refractivity contribution >= 4 is 93.1 Å². The van der Waals surface area contributed by atoms with Gasteiger partial charge in [0.2, 0.25) is 0 Å². The summed E-state index contributed by atoms with van der Waals surface area (Å²) in [6.45, 7) is 0. The molecule has 3 heteroatoms. The summed E-state index contributed by atoms with van der Waals surface area (Å²) in [5.74, 6) is 0. The highest BCUT2D eigenvalue weighted by atomic mass is 16.3. The molecule has 0 fully saturated rings. The molecule has 0 atom stereocenters. The number of hydrogen-bond acceptors (Lipinski definition) is 2. The highest BCUT2D eigenvalue weighted by molar-refractivity contribution is 6.20. The fourth-order valence-corrected chi connectivity index (χ4v) is 9.98. The van der Waals surface area contributed by atoms with Crippen LogP contribution in [0.25, 0.3) is 104 Å². The van der Waals surface area contributed by atoms with Crippen molar-refractivity contribution in [1.82, 2.24) is 4.57 Å². The Kier molecular flexibility index (Phi) is 7.91. The van der Waals surface area contributed by atoms with E-state index in [0.29, 0.717) is 0 Å². The van der Waals surface area contributed by atoms with Crippen molar-refractivity contribution in [1.29, 1.82) is 0 Å². The standard InChI is InChI=1S/C60H38N2O/c1-3-18-49-40(12-1)26-27-42-28-29-45(38-54(42)49)44-15-10-16-47(37-44)61(57-24-11-25-58-59(57)53-35-32-41-13-2-4-19-50(41)60(53)63-58)46-33-30-39(31-34-46)43-14-9-17-48(36-43)62-55-22-7-5-20-51(55)52-21-6-8-23-56(52)62/h1-38H. The maximum absolute atomic E-state index is 6.74. The fourth-order valence-electron chi connectivity index (χ4n) is 9.98. The van der Waals surface area contributed by atoms with Gasteiger partial charge < -0.3 is 13.9 Å². The van der Waals surface area contributed by atoms with E-state index in [1.54, 1.807) is 0 Å². The molecule has 0 amide bonds. The average Bonchev–Trinajstić information content (AvgIpc) is 3.91. The lowest BCUT2D eigenvalue weighted by Gasteiger charge is -2.27. The van der Waals surface area contributed by atoms with E-state index < -0.39 is 0 Å². The lowest BCUT2D eigenvalue weighted by atomic mass is 9.96.